The molecule has 0 aliphatic heterocycles. The van der Waals surface area contributed by atoms with E-state index >= 15 is 0 Å². The molecular formula is C29H23N3O2S. The predicted octanol–water partition coefficient (Wildman–Crippen LogP) is 6.71. The van der Waals surface area contributed by atoms with E-state index in [1.807, 2.05) is 60.7 Å². The Hall–Kier alpha value is -4.29. The molecule has 1 aromatic heterocycles. The number of thiazole rings is 1. The molecule has 0 aliphatic rings. The smallest absolute Gasteiger partial charge is 0.255 e. The van der Waals surface area contributed by atoms with E-state index in [0.29, 0.717) is 23.4 Å². The minimum absolute atomic E-state index is 0.100. The van der Waals surface area contributed by atoms with Gasteiger partial charge < -0.3 is 10.6 Å². The number of carbonyl (C=O) groups excluding carboxylic acids is 2. The normalized spacial score (nSPS) is 10.8. The van der Waals surface area contributed by atoms with Crippen molar-refractivity contribution in [1.29, 1.82) is 0 Å². The minimum Gasteiger partial charge on any atom is -0.326 e. The van der Waals surface area contributed by atoms with E-state index in [-0.39, 0.29) is 11.8 Å². The van der Waals surface area contributed by atoms with Gasteiger partial charge in [-0.2, -0.15) is 0 Å². The molecule has 0 fully saturated rings. The zero-order valence-corrected chi connectivity index (χ0v) is 19.9. The maximum atomic E-state index is 12.7. The number of amides is 2. The van der Waals surface area contributed by atoms with Gasteiger partial charge in [0.1, 0.15) is 5.01 Å². The second-order valence-corrected chi connectivity index (χ2v) is 9.34. The second kappa shape index (κ2) is 9.91. The topological polar surface area (TPSA) is 71.1 Å². The van der Waals surface area contributed by atoms with E-state index in [2.05, 4.69) is 29.7 Å². The van der Waals surface area contributed by atoms with Crippen molar-refractivity contribution >= 4 is 44.7 Å². The lowest BCUT2D eigenvalue weighted by molar-refractivity contribution is -0.115. The Morgan fingerprint density at radius 2 is 1.49 bits per heavy atom. The van der Waals surface area contributed by atoms with Gasteiger partial charge in [0, 0.05) is 22.5 Å². The van der Waals surface area contributed by atoms with Crippen molar-refractivity contribution in [1.82, 2.24) is 4.98 Å². The Balaban J connectivity index is 1.20. The summed E-state index contributed by atoms with van der Waals surface area (Å²) < 4.78 is 1.16. The highest BCUT2D eigenvalue weighted by Crippen LogP contribution is 2.31. The van der Waals surface area contributed by atoms with Crippen LogP contribution in [0.25, 0.3) is 20.8 Å². The van der Waals surface area contributed by atoms with Crippen LogP contribution in [0, 0.1) is 6.92 Å². The molecule has 0 bridgehead atoms. The summed E-state index contributed by atoms with van der Waals surface area (Å²) in [5, 5.41) is 6.74. The Morgan fingerprint density at radius 3 is 2.23 bits per heavy atom. The maximum Gasteiger partial charge on any atom is 0.255 e. The molecule has 0 saturated carbocycles. The van der Waals surface area contributed by atoms with Crippen LogP contribution in [0.2, 0.25) is 0 Å². The SMILES string of the molecule is Cc1ccc2nc(-c3ccc(NC(=O)c4ccc(NC(=O)Cc5ccccc5)cc4)cc3)sc2c1. The number of hydrogen-bond acceptors (Lipinski definition) is 4. The van der Waals surface area contributed by atoms with Crippen LogP contribution in [0.5, 0.6) is 0 Å². The second-order valence-electron chi connectivity index (χ2n) is 8.31. The quantitative estimate of drug-likeness (QED) is 0.286. The minimum atomic E-state index is -0.213. The molecule has 0 unspecified atom stereocenters. The molecule has 35 heavy (non-hydrogen) atoms. The Kier molecular flexibility index (Phi) is 6.37. The molecule has 5 nitrogen and oxygen atoms in total. The van der Waals surface area contributed by atoms with Crippen molar-refractivity contribution in [3.05, 3.63) is 114 Å². The van der Waals surface area contributed by atoms with Crippen molar-refractivity contribution in [2.45, 2.75) is 13.3 Å². The molecule has 2 amide bonds. The number of carbonyl (C=O) groups is 2. The van der Waals surface area contributed by atoms with Crippen molar-refractivity contribution in [2.24, 2.45) is 0 Å². The number of nitrogens with one attached hydrogen (secondary N) is 2. The summed E-state index contributed by atoms with van der Waals surface area (Å²) in [5.74, 6) is -0.313. The largest absolute Gasteiger partial charge is 0.326 e. The van der Waals surface area contributed by atoms with Crippen LogP contribution in [-0.4, -0.2) is 16.8 Å². The number of benzene rings is 4. The van der Waals surface area contributed by atoms with Gasteiger partial charge in [-0.05, 0) is 78.7 Å². The summed E-state index contributed by atoms with van der Waals surface area (Å²) in [7, 11) is 0. The summed E-state index contributed by atoms with van der Waals surface area (Å²) in [5.41, 5.74) is 6.04. The van der Waals surface area contributed by atoms with Crippen molar-refractivity contribution in [3.8, 4) is 10.6 Å². The van der Waals surface area contributed by atoms with Crippen LogP contribution in [0.15, 0.2) is 97.1 Å². The molecule has 4 aromatic carbocycles. The highest BCUT2D eigenvalue weighted by molar-refractivity contribution is 7.21. The number of hydrogen-bond donors (Lipinski definition) is 2. The van der Waals surface area contributed by atoms with Gasteiger partial charge in [-0.3, -0.25) is 9.59 Å². The van der Waals surface area contributed by atoms with Gasteiger partial charge in [0.25, 0.3) is 5.91 Å². The Bertz CT molecular complexity index is 1490. The summed E-state index contributed by atoms with van der Waals surface area (Å²) in [4.78, 5) is 29.6. The van der Waals surface area contributed by atoms with Gasteiger partial charge >= 0.3 is 0 Å². The first-order chi connectivity index (χ1) is 17.0. The Morgan fingerprint density at radius 1 is 0.800 bits per heavy atom. The zero-order chi connectivity index (χ0) is 24.2. The third-order valence-corrected chi connectivity index (χ3v) is 6.64. The summed E-state index contributed by atoms with van der Waals surface area (Å²) >= 11 is 1.66. The van der Waals surface area contributed by atoms with Gasteiger partial charge in [-0.25, -0.2) is 4.98 Å². The lowest BCUT2D eigenvalue weighted by Gasteiger charge is -2.08. The third kappa shape index (κ3) is 5.45. The fourth-order valence-corrected chi connectivity index (χ4v) is 4.82. The third-order valence-electron chi connectivity index (χ3n) is 5.57. The van der Waals surface area contributed by atoms with E-state index in [4.69, 9.17) is 4.98 Å². The molecule has 1 heterocycles. The highest BCUT2D eigenvalue weighted by atomic mass is 32.1. The summed E-state index contributed by atoms with van der Waals surface area (Å²) in [6, 6.07) is 30.4. The fourth-order valence-electron chi connectivity index (χ4n) is 3.75. The predicted molar refractivity (Wildman–Crippen MR) is 143 cm³/mol. The van der Waals surface area contributed by atoms with E-state index in [1.165, 1.54) is 5.56 Å². The number of rotatable bonds is 6. The monoisotopic (exact) mass is 477 g/mol. The van der Waals surface area contributed by atoms with Crippen LogP contribution in [0.1, 0.15) is 21.5 Å². The first kappa shape index (κ1) is 22.5. The van der Waals surface area contributed by atoms with Crippen LogP contribution in [0.3, 0.4) is 0 Å². The van der Waals surface area contributed by atoms with Gasteiger partial charge in [-0.15, -0.1) is 11.3 Å². The van der Waals surface area contributed by atoms with E-state index < -0.39 is 0 Å². The van der Waals surface area contributed by atoms with Crippen molar-refractivity contribution < 1.29 is 9.59 Å². The molecule has 0 aliphatic carbocycles. The van der Waals surface area contributed by atoms with Crippen LogP contribution in [0.4, 0.5) is 11.4 Å². The zero-order valence-electron chi connectivity index (χ0n) is 19.1. The number of aryl methyl sites for hydroxylation is 1. The lowest BCUT2D eigenvalue weighted by Crippen LogP contribution is -2.15. The average molecular weight is 478 g/mol. The van der Waals surface area contributed by atoms with E-state index in [0.717, 1.165) is 26.4 Å². The van der Waals surface area contributed by atoms with Crippen LogP contribution >= 0.6 is 11.3 Å². The van der Waals surface area contributed by atoms with Gasteiger partial charge in [0.05, 0.1) is 16.6 Å². The number of aromatic nitrogens is 1. The van der Waals surface area contributed by atoms with E-state index in [1.54, 1.807) is 35.6 Å². The van der Waals surface area contributed by atoms with Crippen molar-refractivity contribution in [3.63, 3.8) is 0 Å². The first-order valence-corrected chi connectivity index (χ1v) is 12.1. The van der Waals surface area contributed by atoms with Crippen LogP contribution < -0.4 is 10.6 Å². The molecule has 0 radical (unpaired) electrons. The fraction of sp³-hybridized carbons (Fsp3) is 0.0690. The van der Waals surface area contributed by atoms with Gasteiger partial charge in [0.15, 0.2) is 0 Å². The number of fused-ring (bicyclic) bond motifs is 1. The van der Waals surface area contributed by atoms with Crippen LogP contribution in [-0.2, 0) is 11.2 Å². The molecular weight excluding hydrogens is 454 g/mol. The maximum absolute atomic E-state index is 12.7. The average Bonchev–Trinajstić information content (AvgIpc) is 3.28. The first-order valence-electron chi connectivity index (χ1n) is 11.3. The highest BCUT2D eigenvalue weighted by Gasteiger charge is 2.10. The van der Waals surface area contributed by atoms with E-state index in [9.17, 15) is 9.59 Å². The number of nitrogens with zero attached hydrogens (tertiary/aromatic N) is 1. The molecule has 5 rings (SSSR count). The molecule has 6 heteroatoms. The standard InChI is InChI=1S/C29H23N3O2S/c1-19-7-16-25-26(17-19)35-29(32-25)22-10-14-24(15-11-22)31-28(34)21-8-12-23(13-9-21)30-27(33)18-20-5-3-2-4-6-20/h2-17H,18H2,1H3,(H,30,33)(H,31,34). The summed E-state index contributed by atoms with van der Waals surface area (Å²) in [6.45, 7) is 2.08. The van der Waals surface area contributed by atoms with Gasteiger partial charge in [0.2, 0.25) is 5.91 Å². The molecule has 172 valence electrons. The summed E-state index contributed by atoms with van der Waals surface area (Å²) in [6.07, 6.45) is 0.301. The molecule has 0 saturated heterocycles. The van der Waals surface area contributed by atoms with Crippen molar-refractivity contribution in [2.75, 3.05) is 10.6 Å². The number of anilines is 2. The Labute approximate surface area is 207 Å². The molecule has 2 N–H and O–H groups in total. The lowest BCUT2D eigenvalue weighted by atomic mass is 10.1. The molecule has 0 spiro atoms. The van der Waals surface area contributed by atoms with Gasteiger partial charge in [-0.1, -0.05) is 36.4 Å². The molecule has 0 atom stereocenters. The molecule has 5 aromatic rings.